The molecule has 0 radical (unpaired) electrons. The van der Waals surface area contributed by atoms with Gasteiger partial charge in [-0.1, -0.05) is 29.8 Å². The smallest absolute Gasteiger partial charge is 0.264 e. The van der Waals surface area contributed by atoms with Gasteiger partial charge in [-0.3, -0.25) is 13.9 Å². The number of hydrogen-bond donors (Lipinski definition) is 1. The van der Waals surface area contributed by atoms with Gasteiger partial charge in [0, 0.05) is 42.6 Å². The van der Waals surface area contributed by atoms with E-state index >= 15 is 0 Å². The van der Waals surface area contributed by atoms with Crippen LogP contribution in [0.2, 0.25) is 5.02 Å². The van der Waals surface area contributed by atoms with Gasteiger partial charge < -0.3 is 10.2 Å². The van der Waals surface area contributed by atoms with E-state index in [0.29, 0.717) is 42.2 Å². The molecule has 2 heterocycles. The summed E-state index contributed by atoms with van der Waals surface area (Å²) in [5.74, 6) is -0.856. The second-order valence-electron chi connectivity index (χ2n) is 10.1. The normalized spacial score (nSPS) is 18.2. The third kappa shape index (κ3) is 4.78. The highest BCUT2D eigenvalue weighted by molar-refractivity contribution is 7.92. The van der Waals surface area contributed by atoms with E-state index in [2.05, 4.69) is 5.32 Å². The van der Waals surface area contributed by atoms with Gasteiger partial charge in [0.05, 0.1) is 16.6 Å². The topological polar surface area (TPSA) is 86.8 Å². The summed E-state index contributed by atoms with van der Waals surface area (Å²) in [6, 6.07) is 16.6. The highest BCUT2D eigenvalue weighted by Gasteiger charge is 2.54. The van der Waals surface area contributed by atoms with Gasteiger partial charge in [0.15, 0.2) is 0 Å². The number of likely N-dealkylation sites (tertiary alicyclic amines) is 1. The van der Waals surface area contributed by atoms with Crippen LogP contribution in [0.5, 0.6) is 0 Å². The Bertz CT molecular complexity index is 1540. The van der Waals surface area contributed by atoms with Crippen molar-refractivity contribution < 1.29 is 22.4 Å². The number of rotatable bonds is 5. The monoisotopic (exact) mass is 569 g/mol. The first-order chi connectivity index (χ1) is 18.5. The maximum Gasteiger partial charge on any atom is 0.264 e. The van der Waals surface area contributed by atoms with Crippen LogP contribution in [0.15, 0.2) is 71.6 Å². The van der Waals surface area contributed by atoms with Crippen molar-refractivity contribution in [2.45, 2.75) is 49.6 Å². The summed E-state index contributed by atoms with van der Waals surface area (Å²) in [4.78, 5) is 27.0. The number of halogens is 2. The van der Waals surface area contributed by atoms with Crippen molar-refractivity contribution in [1.82, 2.24) is 10.2 Å². The highest BCUT2D eigenvalue weighted by atomic mass is 35.5. The largest absolute Gasteiger partial charge is 0.348 e. The predicted molar refractivity (Wildman–Crippen MR) is 148 cm³/mol. The Morgan fingerprint density at radius 3 is 2.36 bits per heavy atom. The van der Waals surface area contributed by atoms with E-state index in [1.807, 2.05) is 25.1 Å². The van der Waals surface area contributed by atoms with Gasteiger partial charge in [-0.25, -0.2) is 12.8 Å². The zero-order valence-corrected chi connectivity index (χ0v) is 23.2. The molecule has 2 amide bonds. The third-order valence-corrected chi connectivity index (χ3v) is 10.3. The van der Waals surface area contributed by atoms with Gasteiger partial charge in [-0.05, 0) is 79.4 Å². The van der Waals surface area contributed by atoms with Crippen molar-refractivity contribution in [3.05, 3.63) is 94.3 Å². The van der Waals surface area contributed by atoms with Gasteiger partial charge in [0.25, 0.3) is 15.9 Å². The van der Waals surface area contributed by atoms with Crippen molar-refractivity contribution in [3.8, 4) is 0 Å². The molecule has 1 unspecified atom stereocenters. The number of carbonyl (C=O) groups excluding carboxylic acids is 2. The number of fused-ring (bicyclic) bond motifs is 2. The first kappa shape index (κ1) is 27.1. The fourth-order valence-corrected chi connectivity index (χ4v) is 7.76. The molecule has 2 aliphatic heterocycles. The maximum atomic E-state index is 13.9. The Balaban J connectivity index is 1.53. The molecule has 1 spiro atoms. The number of amides is 2. The number of anilines is 1. The van der Waals surface area contributed by atoms with Gasteiger partial charge >= 0.3 is 0 Å². The summed E-state index contributed by atoms with van der Waals surface area (Å²) in [7, 11) is -4.04. The minimum absolute atomic E-state index is 0.0125. The van der Waals surface area contributed by atoms with E-state index in [1.165, 1.54) is 23.4 Å². The molecule has 3 aromatic carbocycles. The standard InChI is InChI=1S/C29H29ClFN3O4S/c1-19-29(13-15-33(16-14-29)20(2)35)25-17-21(28(36)32-18-22-5-3-4-6-26(22)30)7-12-27(25)34(19)39(37,38)24-10-8-23(31)9-11-24/h3-12,17,19H,13-16,18H2,1-2H3,(H,32,36). The first-order valence-corrected chi connectivity index (χ1v) is 14.6. The second kappa shape index (κ2) is 10.3. The van der Waals surface area contributed by atoms with Crippen LogP contribution in [-0.2, 0) is 26.8 Å². The molecule has 1 fully saturated rings. The average Bonchev–Trinajstić information content (AvgIpc) is 3.15. The Morgan fingerprint density at radius 1 is 1.05 bits per heavy atom. The summed E-state index contributed by atoms with van der Waals surface area (Å²) >= 11 is 6.23. The average molecular weight is 570 g/mol. The number of hydrogen-bond acceptors (Lipinski definition) is 4. The molecule has 3 aromatic rings. The van der Waals surface area contributed by atoms with Gasteiger partial charge in [0.2, 0.25) is 5.91 Å². The van der Waals surface area contributed by atoms with Crippen LogP contribution < -0.4 is 9.62 Å². The SMILES string of the molecule is CC(=O)N1CCC2(CC1)c1cc(C(=O)NCc3ccccc3Cl)ccc1N(S(=O)(=O)c1ccc(F)cc1)C2C. The molecule has 0 aliphatic carbocycles. The zero-order valence-electron chi connectivity index (χ0n) is 21.7. The molecular weight excluding hydrogens is 541 g/mol. The summed E-state index contributed by atoms with van der Waals surface area (Å²) in [6.45, 7) is 4.59. The van der Waals surface area contributed by atoms with Crippen LogP contribution in [0, 0.1) is 5.82 Å². The molecule has 1 saturated heterocycles. The molecule has 1 N–H and O–H groups in total. The maximum absolute atomic E-state index is 13.9. The van der Waals surface area contributed by atoms with Crippen molar-refractivity contribution >= 4 is 39.1 Å². The fourth-order valence-electron chi connectivity index (χ4n) is 5.81. The molecule has 0 aromatic heterocycles. The molecular formula is C29H29ClFN3O4S. The number of nitrogens with zero attached hydrogens (tertiary/aromatic N) is 2. The summed E-state index contributed by atoms with van der Waals surface area (Å²) in [6.07, 6.45) is 1.09. The quantitative estimate of drug-likeness (QED) is 0.474. The van der Waals surface area contributed by atoms with E-state index in [4.69, 9.17) is 11.6 Å². The fraction of sp³-hybridized carbons (Fsp3) is 0.310. The lowest BCUT2D eigenvalue weighted by molar-refractivity contribution is -0.130. The lowest BCUT2D eigenvalue weighted by Crippen LogP contribution is -2.52. The van der Waals surface area contributed by atoms with E-state index in [0.717, 1.165) is 23.3 Å². The molecule has 2 aliphatic rings. The molecule has 39 heavy (non-hydrogen) atoms. The molecule has 7 nitrogen and oxygen atoms in total. The molecule has 1 atom stereocenters. The minimum atomic E-state index is -4.04. The Labute approximate surface area is 232 Å². The van der Waals surface area contributed by atoms with E-state index in [9.17, 15) is 22.4 Å². The number of sulfonamides is 1. The van der Waals surface area contributed by atoms with Gasteiger partial charge in [-0.2, -0.15) is 0 Å². The van der Waals surface area contributed by atoms with Crippen LogP contribution in [0.25, 0.3) is 0 Å². The van der Waals surface area contributed by atoms with Crippen LogP contribution in [0.4, 0.5) is 10.1 Å². The van der Waals surface area contributed by atoms with Gasteiger partial charge in [-0.15, -0.1) is 0 Å². The van der Waals surface area contributed by atoms with Gasteiger partial charge in [0.1, 0.15) is 5.82 Å². The van der Waals surface area contributed by atoms with Crippen LogP contribution in [0.1, 0.15) is 48.2 Å². The molecule has 10 heteroatoms. The zero-order chi connectivity index (χ0) is 27.9. The van der Waals surface area contributed by atoms with E-state index in [-0.39, 0.29) is 23.3 Å². The highest BCUT2D eigenvalue weighted by Crippen LogP contribution is 2.53. The lowest BCUT2D eigenvalue weighted by Gasteiger charge is -2.43. The third-order valence-electron chi connectivity index (χ3n) is 8.05. The Morgan fingerprint density at radius 2 is 1.72 bits per heavy atom. The number of carbonyl (C=O) groups is 2. The summed E-state index contributed by atoms with van der Waals surface area (Å²) in [5.41, 5.74) is 1.84. The molecule has 5 rings (SSSR count). The second-order valence-corrected chi connectivity index (χ2v) is 12.3. The Hall–Kier alpha value is -3.43. The van der Waals surface area contributed by atoms with Crippen LogP contribution in [0.3, 0.4) is 0 Å². The summed E-state index contributed by atoms with van der Waals surface area (Å²) < 4.78 is 42.7. The number of nitrogens with one attached hydrogen (secondary N) is 1. The predicted octanol–water partition coefficient (Wildman–Crippen LogP) is 4.89. The van der Waals surface area contributed by atoms with Crippen LogP contribution >= 0.6 is 11.6 Å². The molecule has 0 saturated carbocycles. The molecule has 204 valence electrons. The van der Waals surface area contributed by atoms with Crippen molar-refractivity contribution in [3.63, 3.8) is 0 Å². The van der Waals surface area contributed by atoms with E-state index < -0.39 is 27.3 Å². The number of benzene rings is 3. The van der Waals surface area contributed by atoms with Crippen LogP contribution in [-0.4, -0.2) is 44.3 Å². The van der Waals surface area contributed by atoms with Crippen molar-refractivity contribution in [2.24, 2.45) is 0 Å². The van der Waals surface area contributed by atoms with E-state index in [1.54, 1.807) is 29.2 Å². The number of piperidine rings is 1. The Kier molecular flexibility index (Phi) is 7.15. The summed E-state index contributed by atoms with van der Waals surface area (Å²) in [5, 5.41) is 3.45. The first-order valence-electron chi connectivity index (χ1n) is 12.8. The lowest BCUT2D eigenvalue weighted by atomic mass is 9.70. The van der Waals surface area contributed by atoms with Crippen molar-refractivity contribution in [2.75, 3.05) is 17.4 Å². The van der Waals surface area contributed by atoms with Crippen molar-refractivity contribution in [1.29, 1.82) is 0 Å². The minimum Gasteiger partial charge on any atom is -0.348 e. The molecule has 0 bridgehead atoms.